The van der Waals surface area contributed by atoms with Crippen LogP contribution < -0.4 is 10.6 Å². The number of nitrogens with one attached hydrogen (secondary N) is 3. The van der Waals surface area contributed by atoms with Crippen molar-refractivity contribution in [2.75, 3.05) is 0 Å². The third kappa shape index (κ3) is 4.54. The van der Waals surface area contributed by atoms with Crippen molar-refractivity contribution < 1.29 is 9.59 Å². The molecule has 2 amide bonds. The second-order valence-electron chi connectivity index (χ2n) is 5.99. The molecule has 1 aliphatic rings. The number of aromatic amines is 1. The van der Waals surface area contributed by atoms with Crippen LogP contribution in [0.15, 0.2) is 6.33 Å². The molecule has 0 bridgehead atoms. The molecule has 1 heterocycles. The fourth-order valence-electron chi connectivity index (χ4n) is 2.88. The Kier molecular flexibility index (Phi) is 5.91. The van der Waals surface area contributed by atoms with Crippen LogP contribution in [0.2, 0.25) is 0 Å². The van der Waals surface area contributed by atoms with Gasteiger partial charge >= 0.3 is 0 Å². The predicted octanol–water partition coefficient (Wildman–Crippen LogP) is 1.46. The summed E-state index contributed by atoms with van der Waals surface area (Å²) in [6.07, 6.45) is 6.61. The Bertz CT molecular complexity index is 482. The van der Waals surface area contributed by atoms with Crippen LogP contribution in [0.3, 0.4) is 0 Å². The zero-order chi connectivity index (χ0) is 15.9. The Labute approximate surface area is 130 Å². The summed E-state index contributed by atoms with van der Waals surface area (Å²) in [5, 5.41) is 12.4. The van der Waals surface area contributed by atoms with E-state index in [0.717, 1.165) is 32.1 Å². The van der Waals surface area contributed by atoms with Gasteiger partial charge in [-0.05, 0) is 26.2 Å². The predicted molar refractivity (Wildman–Crippen MR) is 81.7 cm³/mol. The highest BCUT2D eigenvalue weighted by molar-refractivity contribution is 5.81. The molecule has 1 aromatic rings. The highest BCUT2D eigenvalue weighted by Crippen LogP contribution is 2.24. The van der Waals surface area contributed by atoms with E-state index in [4.69, 9.17) is 0 Å². The quantitative estimate of drug-likeness (QED) is 0.710. The summed E-state index contributed by atoms with van der Waals surface area (Å²) in [6.45, 7) is 3.83. The van der Waals surface area contributed by atoms with E-state index in [-0.39, 0.29) is 36.2 Å². The molecule has 122 valence electrons. The van der Waals surface area contributed by atoms with Crippen molar-refractivity contribution in [3.05, 3.63) is 12.2 Å². The third-order valence-corrected chi connectivity index (χ3v) is 4.11. The molecule has 0 unspecified atom stereocenters. The summed E-state index contributed by atoms with van der Waals surface area (Å²) in [6, 6.07) is -0.340. The zero-order valence-electron chi connectivity index (χ0n) is 13.3. The second-order valence-corrected chi connectivity index (χ2v) is 5.99. The molecule has 1 aliphatic carbocycles. The number of nitrogens with zero attached hydrogens (tertiary/aromatic N) is 2. The smallest absolute Gasteiger partial charge is 0.223 e. The molecule has 3 N–H and O–H groups in total. The number of carbonyl (C=O) groups excluding carboxylic acids is 2. The molecular weight excluding hydrogens is 282 g/mol. The minimum absolute atomic E-state index is 0.0834. The van der Waals surface area contributed by atoms with Crippen molar-refractivity contribution in [3.8, 4) is 0 Å². The molecule has 0 aromatic carbocycles. The lowest BCUT2D eigenvalue weighted by atomic mass is 10.1. The minimum atomic E-state index is -0.173. The van der Waals surface area contributed by atoms with E-state index in [1.807, 2.05) is 13.8 Å². The molecule has 1 aromatic heterocycles. The van der Waals surface area contributed by atoms with Crippen molar-refractivity contribution in [3.63, 3.8) is 0 Å². The minimum Gasteiger partial charge on any atom is -0.353 e. The fraction of sp³-hybridized carbons (Fsp3) is 0.733. The van der Waals surface area contributed by atoms with E-state index in [2.05, 4.69) is 25.8 Å². The molecular formula is C15H25N5O2. The molecule has 7 heteroatoms. The van der Waals surface area contributed by atoms with Crippen molar-refractivity contribution in [1.82, 2.24) is 25.8 Å². The number of hydrogen-bond donors (Lipinski definition) is 3. The molecule has 22 heavy (non-hydrogen) atoms. The van der Waals surface area contributed by atoms with Gasteiger partial charge in [0.05, 0.1) is 6.04 Å². The van der Waals surface area contributed by atoms with Gasteiger partial charge in [-0.1, -0.05) is 19.8 Å². The Morgan fingerprint density at radius 2 is 2.09 bits per heavy atom. The van der Waals surface area contributed by atoms with Gasteiger partial charge in [0.1, 0.15) is 12.2 Å². The summed E-state index contributed by atoms with van der Waals surface area (Å²) in [5.74, 6) is 0.768. The van der Waals surface area contributed by atoms with E-state index in [1.54, 1.807) is 0 Å². The average molecular weight is 307 g/mol. The average Bonchev–Trinajstić information content (AvgIpc) is 3.17. The molecule has 2 rings (SSSR count). The van der Waals surface area contributed by atoms with Crippen molar-refractivity contribution in [2.45, 2.75) is 64.5 Å². The largest absolute Gasteiger partial charge is 0.353 e. The summed E-state index contributed by atoms with van der Waals surface area (Å²) in [4.78, 5) is 28.2. The summed E-state index contributed by atoms with van der Waals surface area (Å²) < 4.78 is 0. The Hall–Kier alpha value is -1.92. The van der Waals surface area contributed by atoms with Gasteiger partial charge in [-0.2, -0.15) is 5.10 Å². The third-order valence-electron chi connectivity index (χ3n) is 4.11. The second kappa shape index (κ2) is 7.91. The van der Waals surface area contributed by atoms with Crippen LogP contribution in [0.25, 0.3) is 0 Å². The maximum absolute atomic E-state index is 12.1. The van der Waals surface area contributed by atoms with E-state index in [1.165, 1.54) is 6.33 Å². The lowest BCUT2D eigenvalue weighted by Crippen LogP contribution is -2.40. The first-order valence-electron chi connectivity index (χ1n) is 8.05. The van der Waals surface area contributed by atoms with Crippen LogP contribution >= 0.6 is 0 Å². The molecule has 7 nitrogen and oxygen atoms in total. The number of rotatable bonds is 7. The van der Waals surface area contributed by atoms with Crippen molar-refractivity contribution in [1.29, 1.82) is 0 Å². The first kappa shape index (κ1) is 16.5. The monoisotopic (exact) mass is 307 g/mol. The topological polar surface area (TPSA) is 99.8 Å². The van der Waals surface area contributed by atoms with Crippen molar-refractivity contribution >= 4 is 11.8 Å². The van der Waals surface area contributed by atoms with Crippen LogP contribution in [0.4, 0.5) is 0 Å². The van der Waals surface area contributed by atoms with E-state index < -0.39 is 0 Å². The van der Waals surface area contributed by atoms with Crippen LogP contribution in [0, 0.1) is 5.92 Å². The highest BCUT2D eigenvalue weighted by Gasteiger charge is 2.24. The van der Waals surface area contributed by atoms with Crippen LogP contribution in [-0.2, 0) is 9.59 Å². The van der Waals surface area contributed by atoms with Gasteiger partial charge < -0.3 is 10.6 Å². The molecule has 0 spiro atoms. The Balaban J connectivity index is 1.76. The summed E-state index contributed by atoms with van der Waals surface area (Å²) in [5.41, 5.74) is 0. The van der Waals surface area contributed by atoms with Gasteiger partial charge in [-0.3, -0.25) is 14.7 Å². The van der Waals surface area contributed by atoms with Crippen LogP contribution in [0.5, 0.6) is 0 Å². The van der Waals surface area contributed by atoms with Crippen LogP contribution in [0.1, 0.15) is 64.2 Å². The highest BCUT2D eigenvalue weighted by atomic mass is 16.2. The van der Waals surface area contributed by atoms with E-state index >= 15 is 0 Å². The van der Waals surface area contributed by atoms with Gasteiger partial charge in [-0.15, -0.1) is 0 Å². The summed E-state index contributed by atoms with van der Waals surface area (Å²) >= 11 is 0. The number of hydrogen-bond acceptors (Lipinski definition) is 4. The van der Waals surface area contributed by atoms with Gasteiger partial charge in [0, 0.05) is 18.4 Å². The normalized spacial score (nSPS) is 17.9. The Morgan fingerprint density at radius 1 is 1.36 bits per heavy atom. The maximum atomic E-state index is 12.1. The molecule has 2 atom stereocenters. The molecule has 0 radical (unpaired) electrons. The van der Waals surface area contributed by atoms with Gasteiger partial charge in [0.25, 0.3) is 0 Å². The fourth-order valence-corrected chi connectivity index (χ4v) is 2.88. The number of H-pyrrole nitrogens is 1. The van der Waals surface area contributed by atoms with Gasteiger partial charge in [0.2, 0.25) is 11.8 Å². The molecule has 1 saturated carbocycles. The zero-order valence-corrected chi connectivity index (χ0v) is 13.3. The molecule has 0 saturated heterocycles. The first-order valence-corrected chi connectivity index (χ1v) is 8.05. The van der Waals surface area contributed by atoms with E-state index in [9.17, 15) is 9.59 Å². The van der Waals surface area contributed by atoms with Crippen LogP contribution in [-0.4, -0.2) is 33.0 Å². The van der Waals surface area contributed by atoms with Gasteiger partial charge in [-0.25, -0.2) is 4.98 Å². The number of aromatic nitrogens is 3. The number of amides is 2. The van der Waals surface area contributed by atoms with Crippen molar-refractivity contribution in [2.24, 2.45) is 5.92 Å². The number of carbonyl (C=O) groups is 2. The van der Waals surface area contributed by atoms with E-state index in [0.29, 0.717) is 5.82 Å². The maximum Gasteiger partial charge on any atom is 0.223 e. The first-order chi connectivity index (χ1) is 10.6. The summed E-state index contributed by atoms with van der Waals surface area (Å²) in [7, 11) is 0. The standard InChI is InChI=1S/C15H25N5O2/c1-3-12(14-16-9-17-20-14)19-13(21)8-10(2)18-15(22)11-6-4-5-7-11/h9-12H,3-8H2,1-2H3,(H,18,22)(H,19,21)(H,16,17,20)/t10-,12+/m1/s1. The SMILES string of the molecule is CC[C@H](NC(=O)C[C@@H](C)NC(=O)C1CCCC1)c1ncn[nH]1. The molecule has 0 aliphatic heterocycles. The Morgan fingerprint density at radius 3 is 2.68 bits per heavy atom. The lowest BCUT2D eigenvalue weighted by molar-refractivity contribution is -0.126. The van der Waals surface area contributed by atoms with Gasteiger partial charge in [0.15, 0.2) is 0 Å². The molecule has 1 fully saturated rings. The lowest BCUT2D eigenvalue weighted by Gasteiger charge is -2.19.